The highest BCUT2D eigenvalue weighted by atomic mass is 14.7. The normalized spacial score (nSPS) is 12.5. The van der Waals surface area contributed by atoms with Crippen LogP contribution in [0.4, 0.5) is 0 Å². The molecule has 1 heteroatoms. The fraction of sp³-hybridized carbons (Fsp3) is 0.188. The number of aromatic nitrogens is 1. The highest BCUT2D eigenvalue weighted by Gasteiger charge is 2.03. The van der Waals surface area contributed by atoms with Crippen molar-refractivity contribution in [2.24, 2.45) is 0 Å². The van der Waals surface area contributed by atoms with Crippen molar-refractivity contribution in [1.82, 2.24) is 4.98 Å². The average molecular weight is 223 g/mol. The molecule has 0 amide bonds. The van der Waals surface area contributed by atoms with Crippen LogP contribution < -0.4 is 0 Å². The summed E-state index contributed by atoms with van der Waals surface area (Å²) >= 11 is 0. The second-order valence-electron chi connectivity index (χ2n) is 4.06. The zero-order chi connectivity index (χ0) is 12.3. The van der Waals surface area contributed by atoms with E-state index >= 15 is 0 Å². The maximum atomic E-state index is 4.67. The third-order valence-corrected chi connectivity index (χ3v) is 2.88. The van der Waals surface area contributed by atoms with Crippen molar-refractivity contribution < 1.29 is 0 Å². The van der Waals surface area contributed by atoms with Gasteiger partial charge in [-0.2, -0.15) is 0 Å². The molecule has 17 heavy (non-hydrogen) atoms. The monoisotopic (exact) mass is 223 g/mol. The maximum absolute atomic E-state index is 4.67. The summed E-state index contributed by atoms with van der Waals surface area (Å²) in [5.41, 5.74) is 3.30. The summed E-state index contributed by atoms with van der Waals surface area (Å²) in [6, 6.07) is 10.5. The molecule has 2 aromatic rings. The lowest BCUT2D eigenvalue weighted by Gasteiger charge is -2.07. The topological polar surface area (TPSA) is 12.9 Å². The Bertz CT molecular complexity index is 591. The van der Waals surface area contributed by atoms with Gasteiger partial charge in [-0.25, -0.2) is 0 Å². The van der Waals surface area contributed by atoms with Gasteiger partial charge in [0.2, 0.25) is 0 Å². The molecule has 0 saturated heterocycles. The number of hydrogen-bond acceptors (Lipinski definition) is 1. The van der Waals surface area contributed by atoms with Gasteiger partial charge in [0.05, 0.1) is 5.69 Å². The molecule has 1 aromatic heterocycles. The lowest BCUT2D eigenvalue weighted by molar-refractivity contribution is 1.20. The molecule has 1 aromatic carbocycles. The van der Waals surface area contributed by atoms with E-state index in [0.717, 1.165) is 11.4 Å². The minimum Gasteiger partial charge on any atom is -0.252 e. The lowest BCUT2D eigenvalue weighted by Crippen LogP contribution is -1.91. The van der Waals surface area contributed by atoms with Gasteiger partial charge < -0.3 is 0 Å². The number of rotatable bonds is 2. The summed E-state index contributed by atoms with van der Waals surface area (Å²) < 4.78 is 0. The SMILES string of the molecule is C/C=C\C(=C/C)c1cc2ccccc2c(C)n1. The molecule has 0 aliphatic carbocycles. The molecule has 1 heterocycles. The summed E-state index contributed by atoms with van der Waals surface area (Å²) in [4.78, 5) is 4.67. The second-order valence-corrected chi connectivity index (χ2v) is 4.06. The van der Waals surface area contributed by atoms with Crippen molar-refractivity contribution in [3.05, 3.63) is 59.9 Å². The number of aryl methyl sites for hydroxylation is 1. The van der Waals surface area contributed by atoms with Gasteiger partial charge >= 0.3 is 0 Å². The molecule has 0 saturated carbocycles. The van der Waals surface area contributed by atoms with Gasteiger partial charge in [0.25, 0.3) is 0 Å². The Balaban J connectivity index is 2.65. The van der Waals surface area contributed by atoms with Crippen LogP contribution in [0.15, 0.2) is 48.6 Å². The zero-order valence-corrected chi connectivity index (χ0v) is 10.6. The highest BCUT2D eigenvalue weighted by molar-refractivity contribution is 5.88. The lowest BCUT2D eigenvalue weighted by atomic mass is 10.1. The van der Waals surface area contributed by atoms with Crippen molar-refractivity contribution in [3.8, 4) is 0 Å². The first-order valence-corrected chi connectivity index (χ1v) is 5.92. The summed E-state index contributed by atoms with van der Waals surface area (Å²) in [6.45, 7) is 6.13. The van der Waals surface area contributed by atoms with E-state index in [-0.39, 0.29) is 0 Å². The minimum absolute atomic E-state index is 1.04. The minimum atomic E-state index is 1.04. The Morgan fingerprint density at radius 3 is 2.65 bits per heavy atom. The molecule has 0 radical (unpaired) electrons. The first kappa shape index (κ1) is 11.6. The molecule has 0 aliphatic heterocycles. The van der Waals surface area contributed by atoms with Crippen LogP contribution >= 0.6 is 0 Å². The van der Waals surface area contributed by atoms with Crippen molar-refractivity contribution in [2.45, 2.75) is 20.8 Å². The van der Waals surface area contributed by atoms with Crippen LogP contribution in [0.25, 0.3) is 16.3 Å². The summed E-state index contributed by atoms with van der Waals surface area (Å²) in [5, 5.41) is 2.48. The van der Waals surface area contributed by atoms with E-state index in [1.807, 2.05) is 19.9 Å². The van der Waals surface area contributed by atoms with Gasteiger partial charge in [-0.05, 0) is 37.8 Å². The molecule has 2 rings (SSSR count). The van der Waals surface area contributed by atoms with Crippen LogP contribution in [0.3, 0.4) is 0 Å². The molecule has 0 fully saturated rings. The van der Waals surface area contributed by atoms with E-state index in [1.54, 1.807) is 0 Å². The average Bonchev–Trinajstić information content (AvgIpc) is 2.36. The number of allylic oxidation sites excluding steroid dienone is 4. The van der Waals surface area contributed by atoms with E-state index in [0.29, 0.717) is 0 Å². The molecule has 0 N–H and O–H groups in total. The van der Waals surface area contributed by atoms with Gasteiger partial charge in [-0.15, -0.1) is 0 Å². The Morgan fingerprint density at radius 1 is 1.18 bits per heavy atom. The Kier molecular flexibility index (Phi) is 3.38. The van der Waals surface area contributed by atoms with Crippen molar-refractivity contribution in [1.29, 1.82) is 0 Å². The number of hydrogen-bond donors (Lipinski definition) is 0. The quantitative estimate of drug-likeness (QED) is 0.682. The van der Waals surface area contributed by atoms with Gasteiger partial charge in [-0.3, -0.25) is 4.98 Å². The molecule has 1 nitrogen and oxygen atoms in total. The molecule has 0 aliphatic rings. The van der Waals surface area contributed by atoms with Gasteiger partial charge in [0, 0.05) is 11.1 Å². The van der Waals surface area contributed by atoms with E-state index in [9.17, 15) is 0 Å². The van der Waals surface area contributed by atoms with Crippen LogP contribution in [0.1, 0.15) is 25.2 Å². The third kappa shape index (κ3) is 2.28. The van der Waals surface area contributed by atoms with E-state index in [1.165, 1.54) is 16.3 Å². The smallest absolute Gasteiger partial charge is 0.0708 e. The predicted molar refractivity (Wildman–Crippen MR) is 74.9 cm³/mol. The van der Waals surface area contributed by atoms with Gasteiger partial charge in [-0.1, -0.05) is 42.5 Å². The summed E-state index contributed by atoms with van der Waals surface area (Å²) in [5.74, 6) is 0. The van der Waals surface area contributed by atoms with Crippen LogP contribution in [-0.4, -0.2) is 4.98 Å². The van der Waals surface area contributed by atoms with Crippen molar-refractivity contribution in [2.75, 3.05) is 0 Å². The van der Waals surface area contributed by atoms with Gasteiger partial charge in [0.1, 0.15) is 0 Å². The Morgan fingerprint density at radius 2 is 1.94 bits per heavy atom. The Labute approximate surface area is 103 Å². The number of benzene rings is 1. The summed E-state index contributed by atoms with van der Waals surface area (Å²) in [6.07, 6.45) is 6.23. The fourth-order valence-corrected chi connectivity index (χ4v) is 2.03. The van der Waals surface area contributed by atoms with Crippen molar-refractivity contribution >= 4 is 16.3 Å². The molecular weight excluding hydrogens is 206 g/mol. The van der Waals surface area contributed by atoms with E-state index in [4.69, 9.17) is 0 Å². The van der Waals surface area contributed by atoms with E-state index < -0.39 is 0 Å². The second kappa shape index (κ2) is 4.96. The maximum Gasteiger partial charge on any atom is 0.0708 e. The third-order valence-electron chi connectivity index (χ3n) is 2.88. The Hall–Kier alpha value is -1.89. The molecular formula is C16H17N. The first-order valence-electron chi connectivity index (χ1n) is 5.92. The van der Waals surface area contributed by atoms with Gasteiger partial charge in [0.15, 0.2) is 0 Å². The van der Waals surface area contributed by atoms with Crippen LogP contribution in [0, 0.1) is 6.92 Å². The zero-order valence-electron chi connectivity index (χ0n) is 10.6. The van der Waals surface area contributed by atoms with Crippen molar-refractivity contribution in [3.63, 3.8) is 0 Å². The highest BCUT2D eigenvalue weighted by Crippen LogP contribution is 2.22. The molecule has 0 atom stereocenters. The largest absolute Gasteiger partial charge is 0.252 e. The number of fused-ring (bicyclic) bond motifs is 1. The van der Waals surface area contributed by atoms with E-state index in [2.05, 4.69) is 54.4 Å². The van der Waals surface area contributed by atoms with Crippen LogP contribution in [0.5, 0.6) is 0 Å². The first-order chi connectivity index (χ1) is 8.26. The number of pyridine rings is 1. The summed E-state index contributed by atoms with van der Waals surface area (Å²) in [7, 11) is 0. The van der Waals surface area contributed by atoms with Crippen LogP contribution in [0.2, 0.25) is 0 Å². The molecule has 86 valence electrons. The standard InChI is InChI=1S/C16H17N/c1-4-8-13(5-2)16-11-14-9-6-7-10-15(14)12(3)17-16/h4-11H,1-3H3/b8-4-,13-5+. The van der Waals surface area contributed by atoms with Crippen LogP contribution in [-0.2, 0) is 0 Å². The number of nitrogens with zero attached hydrogens (tertiary/aromatic N) is 1. The molecule has 0 spiro atoms. The predicted octanol–water partition coefficient (Wildman–Crippen LogP) is 4.52. The molecule has 0 bridgehead atoms. The fourth-order valence-electron chi connectivity index (χ4n) is 2.03. The molecule has 0 unspecified atom stereocenters.